The zero-order valence-corrected chi connectivity index (χ0v) is 14.0. The van der Waals surface area contributed by atoms with Gasteiger partial charge in [0.15, 0.2) is 11.4 Å². The normalized spacial score (nSPS) is 12.7. The first-order chi connectivity index (χ1) is 11.1. The molecule has 0 fully saturated rings. The molecule has 0 aliphatic rings. The largest absolute Gasteiger partial charge is 0.463 e. The fourth-order valence-corrected chi connectivity index (χ4v) is 2.80. The number of aromatic nitrogens is 3. The van der Waals surface area contributed by atoms with Crippen LogP contribution < -0.4 is 5.32 Å². The monoisotopic (exact) mass is 314 g/mol. The third-order valence-electron chi connectivity index (χ3n) is 3.83. The molecule has 23 heavy (non-hydrogen) atoms. The van der Waals surface area contributed by atoms with Crippen LogP contribution in [-0.2, 0) is 11.2 Å². The number of furan rings is 1. The van der Waals surface area contributed by atoms with E-state index in [1.165, 1.54) is 0 Å². The van der Waals surface area contributed by atoms with Gasteiger partial charge in [0.05, 0.1) is 12.9 Å². The Morgan fingerprint density at radius 2 is 2.26 bits per heavy atom. The maximum absolute atomic E-state index is 5.45. The second-order valence-electron chi connectivity index (χ2n) is 5.66. The molecule has 0 radical (unpaired) electrons. The molecule has 1 N–H and O–H groups in total. The topological polar surface area (TPSA) is 64.6 Å². The summed E-state index contributed by atoms with van der Waals surface area (Å²) in [5.74, 6) is 1.71. The molecule has 0 saturated heterocycles. The van der Waals surface area contributed by atoms with E-state index in [4.69, 9.17) is 9.15 Å². The number of fused-ring (bicyclic) bond motifs is 1. The van der Waals surface area contributed by atoms with Crippen LogP contribution in [0.1, 0.15) is 25.1 Å². The molecule has 6 heteroatoms. The van der Waals surface area contributed by atoms with Crippen molar-refractivity contribution >= 4 is 11.5 Å². The molecule has 0 aromatic carbocycles. The van der Waals surface area contributed by atoms with Crippen LogP contribution >= 0.6 is 0 Å². The molecule has 0 aliphatic heterocycles. The Bertz CT molecular complexity index is 793. The molecule has 3 rings (SSSR count). The number of nitrogens with one attached hydrogen (secondary N) is 1. The van der Waals surface area contributed by atoms with Gasteiger partial charge in [-0.3, -0.25) is 0 Å². The molecule has 122 valence electrons. The summed E-state index contributed by atoms with van der Waals surface area (Å²) in [5, 5.41) is 8.18. The minimum atomic E-state index is 0.173. The summed E-state index contributed by atoms with van der Waals surface area (Å²) >= 11 is 0. The minimum Gasteiger partial charge on any atom is -0.463 e. The molecular weight excluding hydrogens is 292 g/mol. The van der Waals surface area contributed by atoms with Crippen LogP contribution in [-0.4, -0.2) is 34.4 Å². The fraction of sp³-hybridized carbons (Fsp3) is 0.412. The van der Waals surface area contributed by atoms with Gasteiger partial charge in [0, 0.05) is 30.5 Å². The van der Waals surface area contributed by atoms with Gasteiger partial charge in [-0.05, 0) is 32.4 Å². The van der Waals surface area contributed by atoms with Crippen molar-refractivity contribution in [3.8, 4) is 11.5 Å². The van der Waals surface area contributed by atoms with Gasteiger partial charge in [0.1, 0.15) is 11.5 Å². The lowest BCUT2D eigenvalue weighted by Crippen LogP contribution is -2.24. The molecule has 0 unspecified atom stereocenters. The van der Waals surface area contributed by atoms with Gasteiger partial charge >= 0.3 is 0 Å². The van der Waals surface area contributed by atoms with Crippen LogP contribution in [0.3, 0.4) is 0 Å². The fourth-order valence-electron chi connectivity index (χ4n) is 2.80. The van der Waals surface area contributed by atoms with Gasteiger partial charge in [0.2, 0.25) is 0 Å². The molecule has 0 aliphatic carbocycles. The van der Waals surface area contributed by atoms with Gasteiger partial charge in [-0.1, -0.05) is 6.92 Å². The summed E-state index contributed by atoms with van der Waals surface area (Å²) in [7, 11) is 1.70. The van der Waals surface area contributed by atoms with E-state index in [1.54, 1.807) is 13.4 Å². The molecule has 0 bridgehead atoms. The lowest BCUT2D eigenvalue weighted by atomic mass is 10.1. The molecule has 3 aromatic rings. The number of hydrogen-bond acceptors (Lipinski definition) is 5. The Morgan fingerprint density at radius 3 is 2.91 bits per heavy atom. The average molecular weight is 314 g/mol. The van der Waals surface area contributed by atoms with E-state index in [0.29, 0.717) is 6.61 Å². The summed E-state index contributed by atoms with van der Waals surface area (Å²) in [6.07, 6.45) is 2.53. The molecule has 1 atom stereocenters. The van der Waals surface area contributed by atoms with Crippen LogP contribution in [0.25, 0.3) is 17.1 Å². The van der Waals surface area contributed by atoms with Crippen LogP contribution in [0.2, 0.25) is 0 Å². The van der Waals surface area contributed by atoms with Crippen LogP contribution in [0.4, 0.5) is 5.82 Å². The molecule has 6 nitrogen and oxygen atoms in total. The summed E-state index contributed by atoms with van der Waals surface area (Å²) in [6.45, 7) is 6.86. The second kappa shape index (κ2) is 6.42. The standard InChI is InChI=1S/C17H22N4O2/c1-5-13-12(3)19-16-9-14(15-7-6-8-23-15)20-21(16)17(13)18-11(2)10-22-4/h6-9,11,18H,5,10H2,1-4H3/t11-/m1/s1. The Balaban J connectivity index is 2.13. The van der Waals surface area contributed by atoms with E-state index < -0.39 is 0 Å². The first-order valence-corrected chi connectivity index (χ1v) is 7.82. The van der Waals surface area contributed by atoms with E-state index in [0.717, 1.165) is 40.6 Å². The van der Waals surface area contributed by atoms with Gasteiger partial charge in [-0.15, -0.1) is 0 Å². The summed E-state index contributed by atoms with van der Waals surface area (Å²) in [5.41, 5.74) is 3.75. The lowest BCUT2D eigenvalue weighted by molar-refractivity contribution is 0.190. The predicted octanol–water partition coefficient (Wildman–Crippen LogP) is 3.31. The number of rotatable bonds is 6. The molecule has 0 amide bonds. The zero-order chi connectivity index (χ0) is 16.4. The Hall–Kier alpha value is -2.34. The van der Waals surface area contributed by atoms with Crippen LogP contribution in [0, 0.1) is 6.92 Å². The average Bonchev–Trinajstić information content (AvgIpc) is 3.16. The summed E-state index contributed by atoms with van der Waals surface area (Å²) in [6, 6.07) is 5.87. The Labute approximate surface area is 135 Å². The number of anilines is 1. The van der Waals surface area contributed by atoms with Gasteiger partial charge in [-0.2, -0.15) is 9.61 Å². The third kappa shape index (κ3) is 2.94. The van der Waals surface area contributed by atoms with Crippen molar-refractivity contribution in [1.29, 1.82) is 0 Å². The Morgan fingerprint density at radius 1 is 1.43 bits per heavy atom. The first-order valence-electron chi connectivity index (χ1n) is 7.82. The zero-order valence-electron chi connectivity index (χ0n) is 14.0. The predicted molar refractivity (Wildman–Crippen MR) is 89.8 cm³/mol. The van der Waals surface area contributed by atoms with E-state index in [2.05, 4.69) is 29.2 Å². The smallest absolute Gasteiger partial charge is 0.158 e. The highest BCUT2D eigenvalue weighted by Crippen LogP contribution is 2.26. The molecule has 3 heterocycles. The maximum atomic E-state index is 5.45. The number of hydrogen-bond donors (Lipinski definition) is 1. The highest BCUT2D eigenvalue weighted by molar-refractivity contribution is 5.63. The van der Waals surface area contributed by atoms with E-state index in [1.807, 2.05) is 29.6 Å². The van der Waals surface area contributed by atoms with Crippen LogP contribution in [0.5, 0.6) is 0 Å². The van der Waals surface area contributed by atoms with Crippen molar-refractivity contribution in [1.82, 2.24) is 14.6 Å². The maximum Gasteiger partial charge on any atom is 0.158 e. The second-order valence-corrected chi connectivity index (χ2v) is 5.66. The summed E-state index contributed by atoms with van der Waals surface area (Å²) in [4.78, 5) is 4.68. The van der Waals surface area contributed by atoms with Crippen molar-refractivity contribution in [3.05, 3.63) is 35.7 Å². The van der Waals surface area contributed by atoms with Gasteiger partial charge < -0.3 is 14.5 Å². The van der Waals surface area contributed by atoms with Gasteiger partial charge in [0.25, 0.3) is 0 Å². The summed E-state index contributed by atoms with van der Waals surface area (Å²) < 4.78 is 12.5. The molecule has 3 aromatic heterocycles. The molecule has 0 saturated carbocycles. The van der Waals surface area contributed by atoms with E-state index in [-0.39, 0.29) is 6.04 Å². The van der Waals surface area contributed by atoms with E-state index in [9.17, 15) is 0 Å². The van der Waals surface area contributed by atoms with Crippen molar-refractivity contribution in [2.75, 3.05) is 19.0 Å². The molecule has 0 spiro atoms. The first kappa shape index (κ1) is 15.6. The number of methoxy groups -OCH3 is 1. The van der Waals surface area contributed by atoms with Crippen molar-refractivity contribution in [2.24, 2.45) is 0 Å². The highest BCUT2D eigenvalue weighted by Gasteiger charge is 2.17. The number of aryl methyl sites for hydroxylation is 1. The van der Waals surface area contributed by atoms with Gasteiger partial charge in [-0.25, -0.2) is 4.98 Å². The minimum absolute atomic E-state index is 0.173. The van der Waals surface area contributed by atoms with Crippen molar-refractivity contribution < 1.29 is 9.15 Å². The Kier molecular flexibility index (Phi) is 4.34. The van der Waals surface area contributed by atoms with Crippen molar-refractivity contribution in [2.45, 2.75) is 33.2 Å². The van der Waals surface area contributed by atoms with Crippen LogP contribution in [0.15, 0.2) is 28.9 Å². The van der Waals surface area contributed by atoms with E-state index >= 15 is 0 Å². The number of ether oxygens (including phenoxy) is 1. The quantitative estimate of drug-likeness (QED) is 0.756. The SMILES string of the molecule is CCc1c(C)nc2cc(-c3ccco3)nn2c1N[C@H](C)COC. The number of nitrogens with zero attached hydrogens (tertiary/aromatic N) is 3. The third-order valence-corrected chi connectivity index (χ3v) is 3.83. The van der Waals surface area contributed by atoms with Crippen molar-refractivity contribution in [3.63, 3.8) is 0 Å². The molecular formula is C17H22N4O2. The highest BCUT2D eigenvalue weighted by atomic mass is 16.5. The lowest BCUT2D eigenvalue weighted by Gasteiger charge is -2.19.